The second-order valence-corrected chi connectivity index (χ2v) is 2.18. The average Bonchev–Trinajstić information content (AvgIpc) is 1.98. The van der Waals surface area contributed by atoms with E-state index in [0.29, 0.717) is 0 Å². The number of aromatic amines is 1. The monoisotopic (exact) mass is 128 g/mol. The number of H-pyrrole nitrogens is 1. The Kier molecular flexibility index (Phi) is 1.21. The number of aryl methyl sites for hydroxylation is 1. The van der Waals surface area contributed by atoms with E-state index in [1.165, 1.54) is 0 Å². The van der Waals surface area contributed by atoms with Gasteiger partial charge in [0.2, 0.25) is 0 Å². The summed E-state index contributed by atoms with van der Waals surface area (Å²) in [5.41, 5.74) is 1.16. The summed E-state index contributed by atoms with van der Waals surface area (Å²) in [7, 11) is 1.94. The lowest BCUT2D eigenvalue weighted by molar-refractivity contribution is 0.857. The van der Waals surface area contributed by atoms with Gasteiger partial charge in [0.05, 0.1) is 0 Å². The molecule has 1 aromatic rings. The Morgan fingerprint density at radius 1 is 1.75 bits per heavy atom. The van der Waals surface area contributed by atoms with Gasteiger partial charge in [0.15, 0.2) is 4.77 Å². The lowest BCUT2D eigenvalue weighted by Gasteiger charge is -1.88. The van der Waals surface area contributed by atoms with Crippen molar-refractivity contribution in [2.45, 2.75) is 6.92 Å². The van der Waals surface area contributed by atoms with E-state index in [1.807, 2.05) is 24.7 Å². The van der Waals surface area contributed by atoms with Gasteiger partial charge in [0.25, 0.3) is 0 Å². The van der Waals surface area contributed by atoms with Crippen molar-refractivity contribution in [1.29, 1.82) is 0 Å². The maximum Gasteiger partial charge on any atom is 0.177 e. The molecule has 1 N–H and O–H groups in total. The highest BCUT2D eigenvalue weighted by atomic mass is 32.1. The van der Waals surface area contributed by atoms with Crippen molar-refractivity contribution < 1.29 is 0 Å². The smallest absolute Gasteiger partial charge is 0.177 e. The molecule has 1 heterocycles. The molecule has 0 saturated carbocycles. The van der Waals surface area contributed by atoms with Crippen LogP contribution in [-0.2, 0) is 7.05 Å². The standard InChI is InChI=1S/C5H8N2S/c1-4-3-6-5(8)7(4)2/h3H,1-2H3,(H,6,8). The van der Waals surface area contributed by atoms with Crippen LogP contribution < -0.4 is 0 Å². The fraction of sp³-hybridized carbons (Fsp3) is 0.400. The van der Waals surface area contributed by atoms with E-state index in [2.05, 4.69) is 4.98 Å². The molecule has 0 saturated heterocycles. The molecule has 0 aromatic carbocycles. The average molecular weight is 128 g/mol. The molecule has 1 rings (SSSR count). The predicted molar refractivity (Wildman–Crippen MR) is 35.3 cm³/mol. The van der Waals surface area contributed by atoms with Gasteiger partial charge in [0, 0.05) is 18.9 Å². The highest BCUT2D eigenvalue weighted by Crippen LogP contribution is 1.93. The maximum absolute atomic E-state index is 4.88. The summed E-state index contributed by atoms with van der Waals surface area (Å²) < 4.78 is 2.71. The zero-order valence-corrected chi connectivity index (χ0v) is 5.75. The summed E-state index contributed by atoms with van der Waals surface area (Å²) in [4.78, 5) is 2.91. The minimum absolute atomic E-state index is 0.780. The van der Waals surface area contributed by atoms with E-state index >= 15 is 0 Å². The molecule has 0 spiro atoms. The third kappa shape index (κ3) is 0.690. The van der Waals surface area contributed by atoms with Gasteiger partial charge in [-0.2, -0.15) is 0 Å². The van der Waals surface area contributed by atoms with Crippen LogP contribution in [0.5, 0.6) is 0 Å². The van der Waals surface area contributed by atoms with Gasteiger partial charge >= 0.3 is 0 Å². The lowest BCUT2D eigenvalue weighted by atomic mass is 10.5. The number of hydrogen-bond acceptors (Lipinski definition) is 1. The minimum atomic E-state index is 0.780. The predicted octanol–water partition coefficient (Wildman–Crippen LogP) is 1.39. The molecule has 1 aromatic heterocycles. The molecule has 0 amide bonds. The van der Waals surface area contributed by atoms with Gasteiger partial charge in [-0.15, -0.1) is 0 Å². The summed E-state index contributed by atoms with van der Waals surface area (Å²) in [6, 6.07) is 0. The number of nitrogens with one attached hydrogen (secondary N) is 1. The van der Waals surface area contributed by atoms with Crippen molar-refractivity contribution in [3.05, 3.63) is 16.7 Å². The van der Waals surface area contributed by atoms with Crippen LogP contribution in [0.2, 0.25) is 0 Å². The van der Waals surface area contributed by atoms with E-state index in [1.54, 1.807) is 0 Å². The molecule has 0 bridgehead atoms. The fourth-order valence-electron chi connectivity index (χ4n) is 0.520. The van der Waals surface area contributed by atoms with Gasteiger partial charge in [-0.05, 0) is 19.1 Å². The first kappa shape index (κ1) is 5.56. The molecular weight excluding hydrogens is 120 g/mol. The Bertz CT molecular complexity index is 233. The van der Waals surface area contributed by atoms with Gasteiger partial charge in [-0.1, -0.05) is 0 Å². The Balaban J connectivity index is 3.41. The zero-order chi connectivity index (χ0) is 6.15. The van der Waals surface area contributed by atoms with E-state index in [4.69, 9.17) is 12.2 Å². The third-order valence-corrected chi connectivity index (χ3v) is 1.63. The van der Waals surface area contributed by atoms with Gasteiger partial charge < -0.3 is 9.55 Å². The summed E-state index contributed by atoms with van der Waals surface area (Å²) in [5, 5.41) is 0. The molecule has 0 aliphatic heterocycles. The molecule has 0 aliphatic rings. The van der Waals surface area contributed by atoms with Crippen LogP contribution >= 0.6 is 12.2 Å². The van der Waals surface area contributed by atoms with Gasteiger partial charge in [-0.25, -0.2) is 0 Å². The van der Waals surface area contributed by atoms with E-state index in [9.17, 15) is 0 Å². The van der Waals surface area contributed by atoms with Gasteiger partial charge in [-0.3, -0.25) is 0 Å². The molecule has 0 radical (unpaired) electrons. The quantitative estimate of drug-likeness (QED) is 0.524. The molecule has 44 valence electrons. The molecule has 0 fully saturated rings. The third-order valence-electron chi connectivity index (χ3n) is 1.24. The molecule has 0 aliphatic carbocycles. The fourth-order valence-corrected chi connectivity index (χ4v) is 0.723. The molecular formula is C5H8N2S. The van der Waals surface area contributed by atoms with Crippen molar-refractivity contribution in [2.24, 2.45) is 7.05 Å². The number of rotatable bonds is 0. The largest absolute Gasteiger partial charge is 0.337 e. The van der Waals surface area contributed by atoms with Crippen LogP contribution in [0.15, 0.2) is 6.20 Å². The molecule has 3 heteroatoms. The molecule has 2 nitrogen and oxygen atoms in total. The number of aromatic nitrogens is 2. The van der Waals surface area contributed by atoms with Crippen molar-refractivity contribution in [2.75, 3.05) is 0 Å². The van der Waals surface area contributed by atoms with E-state index in [0.717, 1.165) is 10.5 Å². The highest BCUT2D eigenvalue weighted by molar-refractivity contribution is 7.71. The number of imidazole rings is 1. The first-order valence-corrected chi connectivity index (χ1v) is 2.83. The molecule has 0 atom stereocenters. The normalized spacial score (nSPS) is 9.75. The number of nitrogens with zero attached hydrogens (tertiary/aromatic N) is 1. The van der Waals surface area contributed by atoms with E-state index < -0.39 is 0 Å². The molecule has 0 unspecified atom stereocenters. The highest BCUT2D eigenvalue weighted by Gasteiger charge is 1.87. The summed E-state index contributed by atoms with van der Waals surface area (Å²) in [5.74, 6) is 0. The summed E-state index contributed by atoms with van der Waals surface area (Å²) in [6.45, 7) is 2.01. The van der Waals surface area contributed by atoms with Crippen LogP contribution in [0.25, 0.3) is 0 Å². The van der Waals surface area contributed by atoms with E-state index in [-0.39, 0.29) is 0 Å². The summed E-state index contributed by atoms with van der Waals surface area (Å²) in [6.07, 6.45) is 1.89. The zero-order valence-electron chi connectivity index (χ0n) is 4.93. The second-order valence-electron chi connectivity index (χ2n) is 1.79. The van der Waals surface area contributed by atoms with Crippen LogP contribution in [0.3, 0.4) is 0 Å². The second kappa shape index (κ2) is 1.74. The Morgan fingerprint density at radius 2 is 2.38 bits per heavy atom. The van der Waals surface area contributed by atoms with Crippen molar-refractivity contribution in [3.63, 3.8) is 0 Å². The maximum atomic E-state index is 4.88. The first-order valence-electron chi connectivity index (χ1n) is 2.43. The lowest BCUT2D eigenvalue weighted by Crippen LogP contribution is -1.88. The van der Waals surface area contributed by atoms with Crippen molar-refractivity contribution in [3.8, 4) is 0 Å². The first-order chi connectivity index (χ1) is 3.72. The molecule has 8 heavy (non-hydrogen) atoms. The topological polar surface area (TPSA) is 20.7 Å². The Morgan fingerprint density at radius 3 is 2.50 bits per heavy atom. The Labute approximate surface area is 53.2 Å². The van der Waals surface area contributed by atoms with Crippen LogP contribution in [-0.4, -0.2) is 9.55 Å². The van der Waals surface area contributed by atoms with Crippen LogP contribution in [0.4, 0.5) is 0 Å². The van der Waals surface area contributed by atoms with Crippen molar-refractivity contribution >= 4 is 12.2 Å². The minimum Gasteiger partial charge on any atom is -0.337 e. The SMILES string of the molecule is Cc1c[nH]c(=S)n1C. The van der Waals surface area contributed by atoms with Crippen LogP contribution in [0.1, 0.15) is 5.69 Å². The Hall–Kier alpha value is -0.570. The van der Waals surface area contributed by atoms with Crippen LogP contribution in [0, 0.1) is 11.7 Å². The number of hydrogen-bond donors (Lipinski definition) is 1. The summed E-state index contributed by atoms with van der Waals surface area (Å²) >= 11 is 4.88. The van der Waals surface area contributed by atoms with Crippen molar-refractivity contribution in [1.82, 2.24) is 9.55 Å². The van der Waals surface area contributed by atoms with Gasteiger partial charge in [0.1, 0.15) is 0 Å².